The fraction of sp³-hybridized carbons (Fsp3) is 0.474. The zero-order valence-electron chi connectivity index (χ0n) is 17.9. The maximum atomic E-state index is 13.1. The van der Waals surface area contributed by atoms with Crippen LogP contribution in [0.2, 0.25) is 0 Å². The molecule has 0 aromatic carbocycles. The fourth-order valence-corrected chi connectivity index (χ4v) is 4.42. The minimum Gasteiger partial charge on any atom is -0.373 e. The molecule has 32 heavy (non-hydrogen) atoms. The third-order valence-corrected chi connectivity index (χ3v) is 6.67. The number of nitrogens with one attached hydrogen (secondary N) is 1. The normalized spacial score (nSPS) is 21.0. The van der Waals surface area contributed by atoms with Crippen molar-refractivity contribution in [3.8, 4) is 11.5 Å². The van der Waals surface area contributed by atoms with Gasteiger partial charge in [-0.1, -0.05) is 0 Å². The Hall–Kier alpha value is -2.45. The second-order valence-electron chi connectivity index (χ2n) is 7.45. The molecule has 3 aromatic heterocycles. The zero-order valence-corrected chi connectivity index (χ0v) is 18.7. The van der Waals surface area contributed by atoms with Gasteiger partial charge < -0.3 is 9.64 Å². The number of fused-ring (bicyclic) bond motifs is 1. The Balaban J connectivity index is 1.57. The molecule has 1 aliphatic rings. The second kappa shape index (κ2) is 9.19. The molecule has 1 fully saturated rings. The first-order valence-corrected chi connectivity index (χ1v) is 11.8. The van der Waals surface area contributed by atoms with E-state index in [1.54, 1.807) is 18.5 Å². The van der Waals surface area contributed by atoms with Crippen molar-refractivity contribution in [2.24, 2.45) is 0 Å². The highest BCUT2D eigenvalue weighted by atomic mass is 32.3. The summed E-state index contributed by atoms with van der Waals surface area (Å²) in [4.78, 5) is 19.0. The van der Waals surface area contributed by atoms with Crippen LogP contribution in [0.5, 0.6) is 0 Å². The second-order valence-corrected chi connectivity index (χ2v) is 9.63. The Kier molecular flexibility index (Phi) is 6.53. The van der Waals surface area contributed by atoms with E-state index in [2.05, 4.69) is 29.6 Å². The van der Waals surface area contributed by atoms with Crippen LogP contribution in [0.3, 0.4) is 0 Å². The summed E-state index contributed by atoms with van der Waals surface area (Å²) in [6.07, 6.45) is 4.42. The van der Waals surface area contributed by atoms with Gasteiger partial charge in [0, 0.05) is 31.7 Å². The van der Waals surface area contributed by atoms with Crippen LogP contribution < -0.4 is 9.62 Å². The highest BCUT2D eigenvalue weighted by molar-refractivity contribution is 8.22. The number of rotatable bonds is 7. The average molecular weight is 470 g/mol. The molecule has 10 nitrogen and oxygen atoms in total. The lowest BCUT2D eigenvalue weighted by molar-refractivity contribution is 0.0232. The predicted molar refractivity (Wildman–Crippen MR) is 117 cm³/mol. The summed E-state index contributed by atoms with van der Waals surface area (Å²) in [7, 11) is -0.909. The Bertz CT molecular complexity index is 1080. The van der Waals surface area contributed by atoms with Gasteiger partial charge in [0.15, 0.2) is 11.5 Å². The van der Waals surface area contributed by atoms with E-state index in [0.29, 0.717) is 42.7 Å². The third-order valence-electron chi connectivity index (χ3n) is 5.21. The topological polar surface area (TPSA) is 110 Å². The molecule has 0 aliphatic carbocycles. The first-order valence-electron chi connectivity index (χ1n) is 9.92. The lowest BCUT2D eigenvalue weighted by atomic mass is 10.1. The van der Waals surface area contributed by atoms with E-state index in [9.17, 15) is 13.3 Å². The molecule has 4 heterocycles. The van der Waals surface area contributed by atoms with Crippen LogP contribution in [0.4, 0.5) is 14.6 Å². The van der Waals surface area contributed by atoms with Crippen molar-refractivity contribution in [1.82, 2.24) is 29.1 Å². The SMILES string of the molecule is COS(C)(O)NC(C)C1CN(c2ccnc(-c3cnc4cnc(C(F)F)cn34)n2)CCO1. The summed E-state index contributed by atoms with van der Waals surface area (Å²) >= 11 is 0. The smallest absolute Gasteiger partial charge is 0.281 e. The molecule has 1 saturated heterocycles. The standard InChI is InChI=1S/C19H25F2N7O3S/c1-12(26-32(3,29)30-2)15-11-27(6-7-31-15)16-4-5-22-19(25-16)14-8-24-17-9-23-13(18(20)21)10-28(14)17/h4-5,8-10,12,15,18,26,29H,6-7,11H2,1-3H3. The van der Waals surface area contributed by atoms with E-state index < -0.39 is 17.2 Å². The van der Waals surface area contributed by atoms with Crippen molar-refractivity contribution < 1.29 is 22.3 Å². The lowest BCUT2D eigenvalue weighted by Gasteiger charge is -2.41. The van der Waals surface area contributed by atoms with Crippen molar-refractivity contribution in [3.63, 3.8) is 0 Å². The highest BCUT2D eigenvalue weighted by Crippen LogP contribution is 2.35. The van der Waals surface area contributed by atoms with Crippen LogP contribution in [0.1, 0.15) is 19.0 Å². The van der Waals surface area contributed by atoms with Crippen molar-refractivity contribution in [2.75, 3.05) is 38.0 Å². The van der Waals surface area contributed by atoms with Gasteiger partial charge in [0.05, 0.1) is 38.3 Å². The van der Waals surface area contributed by atoms with Crippen molar-refractivity contribution in [3.05, 3.63) is 36.5 Å². The first kappa shape index (κ1) is 22.7. The Morgan fingerprint density at radius 2 is 2.12 bits per heavy atom. The number of hydrogen-bond donors (Lipinski definition) is 2. The molecule has 174 valence electrons. The summed E-state index contributed by atoms with van der Waals surface area (Å²) in [6.45, 7) is 3.57. The molecule has 0 saturated carbocycles. The van der Waals surface area contributed by atoms with Crippen LogP contribution in [0.25, 0.3) is 17.2 Å². The van der Waals surface area contributed by atoms with Gasteiger partial charge in [0.1, 0.15) is 17.2 Å². The third kappa shape index (κ3) is 4.81. The molecule has 13 heteroatoms. The number of morpholine rings is 1. The van der Waals surface area contributed by atoms with Gasteiger partial charge in [-0.25, -0.2) is 33.4 Å². The van der Waals surface area contributed by atoms with Crippen LogP contribution in [-0.2, 0) is 8.92 Å². The number of imidazole rings is 1. The molecule has 3 unspecified atom stereocenters. The predicted octanol–water partition coefficient (Wildman–Crippen LogP) is 2.69. The van der Waals surface area contributed by atoms with Gasteiger partial charge >= 0.3 is 0 Å². The Labute approximate surface area is 185 Å². The van der Waals surface area contributed by atoms with Gasteiger partial charge in [-0.3, -0.25) is 13.1 Å². The van der Waals surface area contributed by atoms with E-state index in [0.717, 1.165) is 0 Å². The summed E-state index contributed by atoms with van der Waals surface area (Å²) < 4.78 is 52.0. The largest absolute Gasteiger partial charge is 0.373 e. The molecule has 0 radical (unpaired) electrons. The van der Waals surface area contributed by atoms with E-state index in [1.165, 1.54) is 30.1 Å². The van der Waals surface area contributed by atoms with E-state index >= 15 is 0 Å². The fourth-order valence-electron chi connectivity index (χ4n) is 3.49. The van der Waals surface area contributed by atoms with Gasteiger partial charge in [-0.2, -0.15) is 0 Å². The number of ether oxygens (including phenoxy) is 1. The minimum atomic E-state index is -2.69. The van der Waals surface area contributed by atoms with Gasteiger partial charge in [0.25, 0.3) is 6.43 Å². The molecule has 0 amide bonds. The number of alkyl halides is 2. The average Bonchev–Trinajstić information content (AvgIpc) is 3.22. The molecule has 0 bridgehead atoms. The lowest BCUT2D eigenvalue weighted by Crippen LogP contribution is -2.51. The van der Waals surface area contributed by atoms with Crippen LogP contribution in [0.15, 0.2) is 30.9 Å². The maximum Gasteiger partial charge on any atom is 0.281 e. The van der Waals surface area contributed by atoms with Crippen LogP contribution >= 0.6 is 10.8 Å². The molecular weight excluding hydrogens is 444 g/mol. The first-order chi connectivity index (χ1) is 15.3. The number of anilines is 1. The van der Waals surface area contributed by atoms with Gasteiger partial charge in [-0.15, -0.1) is 10.8 Å². The Morgan fingerprint density at radius 3 is 2.88 bits per heavy atom. The molecule has 1 aliphatic heterocycles. The molecule has 4 rings (SSSR count). The quantitative estimate of drug-likeness (QED) is 0.540. The number of aromatic nitrogens is 5. The maximum absolute atomic E-state index is 13.1. The summed E-state index contributed by atoms with van der Waals surface area (Å²) in [5.41, 5.74) is 0.572. The minimum absolute atomic E-state index is 0.164. The monoisotopic (exact) mass is 469 g/mol. The number of halogens is 2. The highest BCUT2D eigenvalue weighted by Gasteiger charge is 2.29. The molecule has 0 spiro atoms. The van der Waals surface area contributed by atoms with Gasteiger partial charge in [-0.05, 0) is 13.0 Å². The van der Waals surface area contributed by atoms with Crippen LogP contribution in [0, 0.1) is 0 Å². The van der Waals surface area contributed by atoms with Gasteiger partial charge in [0.2, 0.25) is 0 Å². The molecular formula is C19H25F2N7O3S. The number of nitrogens with zero attached hydrogens (tertiary/aromatic N) is 6. The molecule has 2 N–H and O–H groups in total. The van der Waals surface area contributed by atoms with E-state index in [-0.39, 0.29) is 17.8 Å². The van der Waals surface area contributed by atoms with E-state index in [4.69, 9.17) is 8.92 Å². The van der Waals surface area contributed by atoms with Crippen LogP contribution in [-0.4, -0.2) is 74.1 Å². The number of hydrogen-bond acceptors (Lipinski definition) is 9. The van der Waals surface area contributed by atoms with Crippen molar-refractivity contribution in [2.45, 2.75) is 25.5 Å². The van der Waals surface area contributed by atoms with E-state index in [1.807, 2.05) is 6.92 Å². The summed E-state index contributed by atoms with van der Waals surface area (Å²) in [6, 6.07) is 1.62. The van der Waals surface area contributed by atoms with Crippen molar-refractivity contribution in [1.29, 1.82) is 0 Å². The molecule has 3 atom stereocenters. The molecule has 3 aromatic rings. The zero-order chi connectivity index (χ0) is 22.9. The summed E-state index contributed by atoms with van der Waals surface area (Å²) in [5, 5.41) is 0. The Morgan fingerprint density at radius 1 is 1.31 bits per heavy atom. The summed E-state index contributed by atoms with van der Waals surface area (Å²) in [5.74, 6) is 1.04. The van der Waals surface area contributed by atoms with Crippen molar-refractivity contribution >= 4 is 22.2 Å².